The molecule has 1 atom stereocenters. The van der Waals surface area contributed by atoms with E-state index in [9.17, 15) is 4.79 Å². The lowest BCUT2D eigenvalue weighted by Gasteiger charge is -2.33. The molecule has 1 heterocycles. The quantitative estimate of drug-likeness (QED) is 0.789. The Morgan fingerprint density at radius 1 is 1.41 bits per heavy atom. The van der Waals surface area contributed by atoms with Crippen molar-refractivity contribution in [3.63, 3.8) is 0 Å². The Balaban J connectivity index is 2.35. The number of hydrogen-bond acceptors (Lipinski definition) is 3. The molecule has 0 radical (unpaired) electrons. The highest BCUT2D eigenvalue weighted by molar-refractivity contribution is 5.81. The number of carbonyl (C=O) groups is 1. The Kier molecular flexibility index (Phi) is 5.92. The molecule has 0 aromatic heterocycles. The molecule has 2 N–H and O–H groups in total. The minimum atomic E-state index is -0.325. The van der Waals surface area contributed by atoms with Crippen molar-refractivity contribution in [1.29, 1.82) is 0 Å². The minimum Gasteiger partial charge on any atom is -0.384 e. The maximum atomic E-state index is 12.1. The molecule has 100 valence electrons. The first-order chi connectivity index (χ1) is 8.04. The molecule has 0 aromatic rings. The van der Waals surface area contributed by atoms with E-state index in [0.717, 1.165) is 39.0 Å². The Morgan fingerprint density at radius 3 is 2.47 bits per heavy atom. The van der Waals surface area contributed by atoms with Gasteiger partial charge >= 0.3 is 0 Å². The standard InChI is InChI=1S/C13H26N2O2/c1-10(2)8-12(14)13(16)15-6-4-11(5-7-15)9-17-3/h10-12H,4-9,14H2,1-3H3/t12-/m0/s1. The predicted octanol–water partition coefficient (Wildman–Crippen LogP) is 1.24. The largest absolute Gasteiger partial charge is 0.384 e. The molecule has 17 heavy (non-hydrogen) atoms. The lowest BCUT2D eigenvalue weighted by molar-refractivity contribution is -0.134. The molecule has 1 aliphatic heterocycles. The highest BCUT2D eigenvalue weighted by Crippen LogP contribution is 2.18. The highest BCUT2D eigenvalue weighted by Gasteiger charge is 2.26. The Hall–Kier alpha value is -0.610. The van der Waals surface area contributed by atoms with Crippen LogP contribution in [0.5, 0.6) is 0 Å². The second-order valence-electron chi connectivity index (χ2n) is 5.46. The Bertz CT molecular complexity index is 236. The summed E-state index contributed by atoms with van der Waals surface area (Å²) in [5.41, 5.74) is 5.93. The van der Waals surface area contributed by atoms with Gasteiger partial charge in [0.15, 0.2) is 0 Å². The summed E-state index contributed by atoms with van der Waals surface area (Å²) < 4.78 is 5.15. The van der Waals surface area contributed by atoms with Gasteiger partial charge in [0.2, 0.25) is 5.91 Å². The summed E-state index contributed by atoms with van der Waals surface area (Å²) in [6, 6.07) is -0.325. The van der Waals surface area contributed by atoms with Gasteiger partial charge in [0.05, 0.1) is 6.04 Å². The van der Waals surface area contributed by atoms with Crippen LogP contribution in [0.3, 0.4) is 0 Å². The summed E-state index contributed by atoms with van der Waals surface area (Å²) >= 11 is 0. The lowest BCUT2D eigenvalue weighted by atomic mass is 9.96. The predicted molar refractivity (Wildman–Crippen MR) is 68.6 cm³/mol. The van der Waals surface area contributed by atoms with Gasteiger partial charge in [-0.25, -0.2) is 0 Å². The van der Waals surface area contributed by atoms with Crippen molar-refractivity contribution >= 4 is 5.91 Å². The van der Waals surface area contributed by atoms with Crippen molar-refractivity contribution in [3.05, 3.63) is 0 Å². The Morgan fingerprint density at radius 2 is 2.00 bits per heavy atom. The van der Waals surface area contributed by atoms with Crippen LogP contribution in [-0.2, 0) is 9.53 Å². The molecule has 0 unspecified atom stereocenters. The second-order valence-corrected chi connectivity index (χ2v) is 5.46. The molecule has 1 rings (SSSR count). The number of methoxy groups -OCH3 is 1. The van der Waals surface area contributed by atoms with Gasteiger partial charge in [-0.3, -0.25) is 4.79 Å². The number of nitrogens with zero attached hydrogens (tertiary/aromatic N) is 1. The molecule has 0 bridgehead atoms. The van der Waals surface area contributed by atoms with E-state index >= 15 is 0 Å². The first kappa shape index (κ1) is 14.5. The van der Waals surface area contributed by atoms with E-state index in [0.29, 0.717) is 11.8 Å². The molecule has 1 aliphatic rings. The van der Waals surface area contributed by atoms with E-state index in [4.69, 9.17) is 10.5 Å². The molecular weight excluding hydrogens is 216 g/mol. The van der Waals surface area contributed by atoms with Crippen molar-refractivity contribution in [3.8, 4) is 0 Å². The second kappa shape index (κ2) is 6.97. The highest BCUT2D eigenvalue weighted by atomic mass is 16.5. The van der Waals surface area contributed by atoms with Crippen LogP contribution < -0.4 is 5.73 Å². The summed E-state index contributed by atoms with van der Waals surface area (Å²) in [6.07, 6.45) is 2.85. The summed E-state index contributed by atoms with van der Waals surface area (Å²) in [5.74, 6) is 1.19. The zero-order valence-corrected chi connectivity index (χ0v) is 11.3. The van der Waals surface area contributed by atoms with E-state index in [-0.39, 0.29) is 11.9 Å². The molecule has 1 amide bonds. The number of hydrogen-bond donors (Lipinski definition) is 1. The lowest BCUT2D eigenvalue weighted by Crippen LogP contribution is -2.47. The van der Waals surface area contributed by atoms with Crippen LogP contribution in [0.1, 0.15) is 33.1 Å². The van der Waals surface area contributed by atoms with E-state index < -0.39 is 0 Å². The average molecular weight is 242 g/mol. The fraction of sp³-hybridized carbons (Fsp3) is 0.923. The van der Waals surface area contributed by atoms with Crippen LogP contribution in [0.4, 0.5) is 0 Å². The van der Waals surface area contributed by atoms with E-state index in [2.05, 4.69) is 13.8 Å². The number of amides is 1. The molecule has 4 nitrogen and oxygen atoms in total. The van der Waals surface area contributed by atoms with Crippen molar-refractivity contribution in [2.75, 3.05) is 26.8 Å². The molecule has 0 spiro atoms. The van der Waals surface area contributed by atoms with Crippen LogP contribution in [-0.4, -0.2) is 43.7 Å². The van der Waals surface area contributed by atoms with Crippen LogP contribution in [0.15, 0.2) is 0 Å². The first-order valence-corrected chi connectivity index (χ1v) is 6.58. The van der Waals surface area contributed by atoms with Crippen molar-refractivity contribution in [1.82, 2.24) is 4.90 Å². The molecule has 1 fully saturated rings. The van der Waals surface area contributed by atoms with E-state index in [1.807, 2.05) is 4.90 Å². The number of ether oxygens (including phenoxy) is 1. The number of rotatable bonds is 5. The smallest absolute Gasteiger partial charge is 0.239 e. The minimum absolute atomic E-state index is 0.120. The van der Waals surface area contributed by atoms with Gasteiger partial charge in [-0.05, 0) is 31.1 Å². The fourth-order valence-corrected chi connectivity index (χ4v) is 2.40. The summed E-state index contributed by atoms with van der Waals surface area (Å²) in [6.45, 7) is 6.66. The number of nitrogens with two attached hydrogens (primary N) is 1. The van der Waals surface area contributed by atoms with Crippen LogP contribution in [0, 0.1) is 11.8 Å². The van der Waals surface area contributed by atoms with E-state index in [1.165, 1.54) is 0 Å². The van der Waals surface area contributed by atoms with Crippen LogP contribution in [0.25, 0.3) is 0 Å². The normalized spacial score (nSPS) is 19.7. The van der Waals surface area contributed by atoms with Crippen LogP contribution >= 0.6 is 0 Å². The van der Waals surface area contributed by atoms with Gasteiger partial charge in [-0.1, -0.05) is 13.8 Å². The fourth-order valence-electron chi connectivity index (χ4n) is 2.40. The van der Waals surface area contributed by atoms with Gasteiger partial charge in [0, 0.05) is 26.8 Å². The van der Waals surface area contributed by atoms with E-state index in [1.54, 1.807) is 7.11 Å². The zero-order chi connectivity index (χ0) is 12.8. The number of likely N-dealkylation sites (tertiary alicyclic amines) is 1. The maximum absolute atomic E-state index is 12.1. The third kappa shape index (κ3) is 4.64. The summed E-state index contributed by atoms with van der Waals surface area (Å²) in [7, 11) is 1.73. The van der Waals surface area contributed by atoms with Crippen molar-refractivity contribution in [2.45, 2.75) is 39.2 Å². The number of piperidine rings is 1. The van der Waals surface area contributed by atoms with Gasteiger partial charge in [-0.2, -0.15) is 0 Å². The maximum Gasteiger partial charge on any atom is 0.239 e. The summed E-state index contributed by atoms with van der Waals surface area (Å²) in [4.78, 5) is 14.0. The first-order valence-electron chi connectivity index (χ1n) is 6.58. The number of carbonyl (C=O) groups excluding carboxylic acids is 1. The molecular formula is C13H26N2O2. The topological polar surface area (TPSA) is 55.6 Å². The summed E-state index contributed by atoms with van der Waals surface area (Å²) in [5, 5.41) is 0. The molecule has 0 aromatic carbocycles. The molecule has 1 saturated heterocycles. The van der Waals surface area contributed by atoms with Crippen LogP contribution in [0.2, 0.25) is 0 Å². The average Bonchev–Trinajstić information content (AvgIpc) is 2.28. The third-order valence-corrected chi connectivity index (χ3v) is 3.37. The van der Waals surface area contributed by atoms with Gasteiger partial charge in [0.1, 0.15) is 0 Å². The SMILES string of the molecule is COCC1CCN(C(=O)[C@@H](N)CC(C)C)CC1. The van der Waals surface area contributed by atoms with Gasteiger partial charge in [-0.15, -0.1) is 0 Å². The molecule has 0 aliphatic carbocycles. The Labute approximate surface area is 104 Å². The zero-order valence-electron chi connectivity index (χ0n) is 11.3. The van der Waals surface area contributed by atoms with Gasteiger partial charge in [0.25, 0.3) is 0 Å². The monoisotopic (exact) mass is 242 g/mol. The molecule has 0 saturated carbocycles. The molecule has 4 heteroatoms. The van der Waals surface area contributed by atoms with Gasteiger partial charge < -0.3 is 15.4 Å². The van der Waals surface area contributed by atoms with Crippen molar-refractivity contribution < 1.29 is 9.53 Å². The van der Waals surface area contributed by atoms with Crippen molar-refractivity contribution in [2.24, 2.45) is 17.6 Å². The third-order valence-electron chi connectivity index (χ3n) is 3.37.